The molecular formula is C17H22N4O3S. The number of fused-ring (bicyclic) bond motifs is 1. The first kappa shape index (κ1) is 16.5. The number of hydrogen-bond acceptors (Lipinski definition) is 5. The number of nitrogens with zero attached hydrogens (tertiary/aromatic N) is 2. The summed E-state index contributed by atoms with van der Waals surface area (Å²) in [6.07, 6.45) is 2.41. The Morgan fingerprint density at radius 1 is 1.20 bits per heavy atom. The van der Waals surface area contributed by atoms with Crippen molar-refractivity contribution in [2.45, 2.75) is 31.3 Å². The third-order valence-corrected chi connectivity index (χ3v) is 7.03. The average molecular weight is 362 g/mol. The van der Waals surface area contributed by atoms with E-state index in [1.54, 1.807) is 0 Å². The zero-order valence-corrected chi connectivity index (χ0v) is 14.8. The van der Waals surface area contributed by atoms with Crippen molar-refractivity contribution in [1.29, 1.82) is 0 Å². The summed E-state index contributed by atoms with van der Waals surface area (Å²) in [5, 5.41) is 10.9. The molecule has 1 atom stereocenters. The lowest BCUT2D eigenvalue weighted by atomic mass is 10.0. The highest BCUT2D eigenvalue weighted by Crippen LogP contribution is 2.22. The highest BCUT2D eigenvalue weighted by atomic mass is 32.2. The van der Waals surface area contributed by atoms with Crippen molar-refractivity contribution in [1.82, 2.24) is 20.4 Å². The van der Waals surface area contributed by atoms with E-state index in [1.165, 1.54) is 0 Å². The predicted octanol–water partition coefficient (Wildman–Crippen LogP) is 0.944. The molecule has 2 aliphatic heterocycles. The highest BCUT2D eigenvalue weighted by Gasteiger charge is 2.34. The van der Waals surface area contributed by atoms with Crippen LogP contribution in [0.25, 0.3) is 10.9 Å². The Kier molecular flexibility index (Phi) is 4.24. The molecule has 2 fully saturated rings. The van der Waals surface area contributed by atoms with Gasteiger partial charge in [-0.25, -0.2) is 8.42 Å². The summed E-state index contributed by atoms with van der Waals surface area (Å²) in [7, 11) is -2.85. The van der Waals surface area contributed by atoms with E-state index >= 15 is 0 Å². The van der Waals surface area contributed by atoms with E-state index in [0.717, 1.165) is 43.3 Å². The molecule has 1 aromatic carbocycles. The van der Waals surface area contributed by atoms with Gasteiger partial charge in [-0.15, -0.1) is 0 Å². The lowest BCUT2D eigenvalue weighted by Crippen LogP contribution is -2.48. The molecule has 2 N–H and O–H groups in total. The fraction of sp³-hybridized carbons (Fsp3) is 0.529. The minimum Gasteiger partial charge on any atom is -0.348 e. The first-order valence-corrected chi connectivity index (χ1v) is 10.5. The van der Waals surface area contributed by atoms with Gasteiger partial charge in [-0.2, -0.15) is 5.10 Å². The number of para-hydroxylation sites is 1. The topological polar surface area (TPSA) is 95.2 Å². The van der Waals surface area contributed by atoms with Gasteiger partial charge in [0.1, 0.15) is 0 Å². The Morgan fingerprint density at radius 2 is 1.96 bits per heavy atom. The van der Waals surface area contributed by atoms with Gasteiger partial charge in [0.25, 0.3) is 5.91 Å². The minimum absolute atomic E-state index is 0.109. The van der Waals surface area contributed by atoms with Crippen LogP contribution in [0.1, 0.15) is 29.8 Å². The minimum atomic E-state index is -2.85. The number of sulfone groups is 1. The summed E-state index contributed by atoms with van der Waals surface area (Å²) < 4.78 is 23.3. The van der Waals surface area contributed by atoms with Gasteiger partial charge in [0.05, 0.1) is 17.0 Å². The summed E-state index contributed by atoms with van der Waals surface area (Å²) in [5.41, 5.74) is 1.28. The van der Waals surface area contributed by atoms with E-state index < -0.39 is 9.84 Å². The molecule has 3 heterocycles. The number of carbonyl (C=O) groups is 1. The van der Waals surface area contributed by atoms with Crippen LogP contribution in [0, 0.1) is 0 Å². The fourth-order valence-electron chi connectivity index (χ4n) is 3.86. The van der Waals surface area contributed by atoms with Gasteiger partial charge >= 0.3 is 0 Å². The second-order valence-corrected chi connectivity index (χ2v) is 9.19. The maximum absolute atomic E-state index is 12.5. The number of H-pyrrole nitrogens is 1. The van der Waals surface area contributed by atoms with Crippen LogP contribution in [-0.2, 0) is 9.84 Å². The number of aromatic nitrogens is 2. The molecule has 1 aromatic heterocycles. The summed E-state index contributed by atoms with van der Waals surface area (Å²) in [4.78, 5) is 14.8. The number of aromatic amines is 1. The quantitative estimate of drug-likeness (QED) is 0.847. The molecular weight excluding hydrogens is 340 g/mol. The molecule has 0 saturated carbocycles. The number of amides is 1. The smallest absolute Gasteiger partial charge is 0.272 e. The largest absolute Gasteiger partial charge is 0.348 e. The maximum atomic E-state index is 12.5. The summed E-state index contributed by atoms with van der Waals surface area (Å²) >= 11 is 0. The molecule has 0 bridgehead atoms. The average Bonchev–Trinajstić information content (AvgIpc) is 3.19. The molecule has 1 amide bonds. The SMILES string of the molecule is O=C(NC1CCN([C@H]2CCS(=O)(=O)C2)CC1)c1n[nH]c2ccccc12. The van der Waals surface area contributed by atoms with Crippen molar-refractivity contribution in [3.63, 3.8) is 0 Å². The summed E-state index contributed by atoms with van der Waals surface area (Å²) in [6.45, 7) is 1.65. The molecule has 2 saturated heterocycles. The number of likely N-dealkylation sites (tertiary alicyclic amines) is 1. The third kappa shape index (κ3) is 3.41. The number of hydrogen-bond donors (Lipinski definition) is 2. The van der Waals surface area contributed by atoms with Crippen LogP contribution in [0.5, 0.6) is 0 Å². The standard InChI is InChI=1S/C17H22N4O3S/c22-17(16-14-3-1-2-4-15(14)19-20-16)18-12-5-8-21(9-6-12)13-7-10-25(23,24)11-13/h1-4,12-13H,5-11H2,(H,18,22)(H,19,20)/t13-/m0/s1. The number of carbonyl (C=O) groups excluding carboxylic acids is 1. The van der Waals surface area contributed by atoms with E-state index in [2.05, 4.69) is 20.4 Å². The first-order chi connectivity index (χ1) is 12.0. The van der Waals surface area contributed by atoms with E-state index in [9.17, 15) is 13.2 Å². The van der Waals surface area contributed by atoms with Crippen LogP contribution < -0.4 is 5.32 Å². The number of nitrogens with one attached hydrogen (secondary N) is 2. The van der Waals surface area contributed by atoms with Crippen LogP contribution in [0.15, 0.2) is 24.3 Å². The molecule has 0 spiro atoms. The molecule has 8 heteroatoms. The molecule has 134 valence electrons. The zero-order chi connectivity index (χ0) is 17.4. The van der Waals surface area contributed by atoms with Crippen molar-refractivity contribution in [3.8, 4) is 0 Å². The third-order valence-electron chi connectivity index (χ3n) is 5.27. The number of piperidine rings is 1. The van der Waals surface area contributed by atoms with Crippen molar-refractivity contribution in [2.75, 3.05) is 24.6 Å². The van der Waals surface area contributed by atoms with Crippen LogP contribution in [0.4, 0.5) is 0 Å². The predicted molar refractivity (Wildman–Crippen MR) is 95.2 cm³/mol. The van der Waals surface area contributed by atoms with Gasteiger partial charge < -0.3 is 5.32 Å². The van der Waals surface area contributed by atoms with Crippen molar-refractivity contribution in [3.05, 3.63) is 30.0 Å². The van der Waals surface area contributed by atoms with Gasteiger partial charge in [0.2, 0.25) is 0 Å². The Morgan fingerprint density at radius 3 is 2.68 bits per heavy atom. The van der Waals surface area contributed by atoms with Gasteiger partial charge in [0.15, 0.2) is 15.5 Å². The van der Waals surface area contributed by atoms with E-state index in [-0.39, 0.29) is 23.7 Å². The second kappa shape index (κ2) is 6.42. The molecule has 4 rings (SSSR count). The lowest BCUT2D eigenvalue weighted by molar-refractivity contribution is 0.0894. The van der Waals surface area contributed by atoms with Crippen LogP contribution >= 0.6 is 0 Å². The van der Waals surface area contributed by atoms with E-state index in [0.29, 0.717) is 11.4 Å². The summed E-state index contributed by atoms with van der Waals surface area (Å²) in [5.74, 6) is 0.434. The van der Waals surface area contributed by atoms with Crippen LogP contribution in [0.2, 0.25) is 0 Å². The fourth-order valence-corrected chi connectivity index (χ4v) is 5.62. The zero-order valence-electron chi connectivity index (χ0n) is 13.9. The number of benzene rings is 1. The molecule has 25 heavy (non-hydrogen) atoms. The molecule has 0 unspecified atom stereocenters. The van der Waals surface area contributed by atoms with Crippen LogP contribution in [0.3, 0.4) is 0 Å². The van der Waals surface area contributed by atoms with Crippen molar-refractivity contribution < 1.29 is 13.2 Å². The van der Waals surface area contributed by atoms with E-state index in [4.69, 9.17) is 0 Å². The molecule has 2 aliphatic rings. The molecule has 7 nitrogen and oxygen atoms in total. The van der Waals surface area contributed by atoms with E-state index in [1.807, 2.05) is 24.3 Å². The van der Waals surface area contributed by atoms with Gasteiger partial charge in [-0.05, 0) is 25.3 Å². The first-order valence-electron chi connectivity index (χ1n) is 8.70. The Labute approximate surface area is 146 Å². The Hall–Kier alpha value is -1.93. The van der Waals surface area contributed by atoms with Gasteiger partial charge in [-0.3, -0.25) is 14.8 Å². The maximum Gasteiger partial charge on any atom is 0.272 e. The Balaban J connectivity index is 1.35. The van der Waals surface area contributed by atoms with Gasteiger partial charge in [-0.1, -0.05) is 18.2 Å². The lowest BCUT2D eigenvalue weighted by Gasteiger charge is -2.35. The number of rotatable bonds is 3. The summed E-state index contributed by atoms with van der Waals surface area (Å²) in [6, 6.07) is 7.84. The van der Waals surface area contributed by atoms with Crippen molar-refractivity contribution in [2.24, 2.45) is 0 Å². The molecule has 2 aromatic rings. The van der Waals surface area contributed by atoms with Gasteiger partial charge in [0, 0.05) is 30.6 Å². The Bertz CT molecular complexity index is 884. The van der Waals surface area contributed by atoms with Crippen molar-refractivity contribution >= 4 is 26.6 Å². The highest BCUT2D eigenvalue weighted by molar-refractivity contribution is 7.91. The monoisotopic (exact) mass is 362 g/mol. The molecule has 0 radical (unpaired) electrons. The normalized spacial score (nSPS) is 24.6. The second-order valence-electron chi connectivity index (χ2n) is 6.96. The van der Waals surface area contributed by atoms with Crippen LogP contribution in [-0.4, -0.2) is 66.1 Å². The molecule has 0 aliphatic carbocycles.